The number of nitrogens with zero attached hydrogens (tertiary/aromatic N) is 5. The highest BCUT2D eigenvalue weighted by Crippen LogP contribution is 2.34. The van der Waals surface area contributed by atoms with Crippen LogP contribution in [0.2, 0.25) is 0 Å². The van der Waals surface area contributed by atoms with Crippen molar-refractivity contribution in [2.45, 2.75) is 31.7 Å². The fourth-order valence-corrected chi connectivity index (χ4v) is 2.18. The maximum Gasteiger partial charge on any atom is 0.0858 e. The smallest absolute Gasteiger partial charge is 0.0858 e. The lowest BCUT2D eigenvalue weighted by Gasteiger charge is -2.22. The van der Waals surface area contributed by atoms with E-state index < -0.39 is 0 Å². The number of aromatic nitrogens is 5. The first kappa shape index (κ1) is 8.96. The summed E-state index contributed by atoms with van der Waals surface area (Å²) < 4.78 is 5.68. The highest BCUT2D eigenvalue weighted by Gasteiger charge is 2.22. The maximum atomic E-state index is 4.20. The van der Waals surface area contributed by atoms with Crippen LogP contribution < -0.4 is 0 Å². The summed E-state index contributed by atoms with van der Waals surface area (Å²) in [5.74, 6) is 0.651. The Balaban J connectivity index is 1.73. The summed E-state index contributed by atoms with van der Waals surface area (Å²) in [5, 5.41) is 12.1. The van der Waals surface area contributed by atoms with Crippen molar-refractivity contribution in [2.75, 3.05) is 0 Å². The van der Waals surface area contributed by atoms with Crippen molar-refractivity contribution in [3.63, 3.8) is 0 Å². The molecule has 0 unspecified atom stereocenters. The van der Waals surface area contributed by atoms with E-state index in [0.29, 0.717) is 5.92 Å². The lowest BCUT2D eigenvalue weighted by molar-refractivity contribution is 0.410. The molecule has 2 aromatic heterocycles. The first-order valence-electron chi connectivity index (χ1n) is 5.08. The quantitative estimate of drug-likeness (QED) is 0.787. The molecular weight excluding hydrogens is 210 g/mol. The minimum Gasteiger partial charge on any atom is -0.247 e. The molecule has 1 aliphatic carbocycles. The van der Waals surface area contributed by atoms with Crippen molar-refractivity contribution in [3.8, 4) is 0 Å². The van der Waals surface area contributed by atoms with Gasteiger partial charge in [-0.2, -0.15) is 0 Å². The molecule has 2 heterocycles. The molecule has 0 aliphatic heterocycles. The van der Waals surface area contributed by atoms with Gasteiger partial charge in [-0.1, -0.05) is 16.1 Å². The van der Waals surface area contributed by atoms with Crippen molar-refractivity contribution in [1.82, 2.24) is 24.6 Å². The topological polar surface area (TPSA) is 56.5 Å². The molecule has 3 rings (SSSR count). The Morgan fingerprint density at radius 2 is 2.40 bits per heavy atom. The summed E-state index contributed by atoms with van der Waals surface area (Å²) >= 11 is 1.41. The molecule has 0 N–H and O–H groups in total. The molecule has 15 heavy (non-hydrogen) atoms. The van der Waals surface area contributed by atoms with E-state index in [9.17, 15) is 0 Å². The molecule has 6 heteroatoms. The summed E-state index contributed by atoms with van der Waals surface area (Å²) in [4.78, 5) is 1.11. The van der Waals surface area contributed by atoms with Crippen LogP contribution in [-0.4, -0.2) is 24.6 Å². The first-order valence-corrected chi connectivity index (χ1v) is 5.85. The standard InChI is InChI=1S/C9H11N5S/c1-2-7(3-1)9-6-14(12-11-9)5-8-4-10-13-15-8/h4,6-7H,1-3,5H2. The van der Waals surface area contributed by atoms with Crippen molar-refractivity contribution in [2.24, 2.45) is 0 Å². The van der Waals surface area contributed by atoms with Crippen LogP contribution in [-0.2, 0) is 6.54 Å². The van der Waals surface area contributed by atoms with Crippen molar-refractivity contribution >= 4 is 11.5 Å². The Morgan fingerprint density at radius 1 is 1.47 bits per heavy atom. The van der Waals surface area contributed by atoms with E-state index in [0.717, 1.165) is 17.1 Å². The molecule has 0 spiro atoms. The van der Waals surface area contributed by atoms with Crippen LogP contribution in [0.15, 0.2) is 12.4 Å². The normalized spacial score (nSPS) is 16.5. The average molecular weight is 221 g/mol. The fraction of sp³-hybridized carbons (Fsp3) is 0.556. The van der Waals surface area contributed by atoms with Crippen molar-refractivity contribution < 1.29 is 0 Å². The Hall–Kier alpha value is -1.30. The third-order valence-corrected chi connectivity index (χ3v) is 3.45. The zero-order valence-corrected chi connectivity index (χ0v) is 9.02. The third kappa shape index (κ3) is 1.77. The lowest BCUT2D eigenvalue weighted by Crippen LogP contribution is -2.08. The van der Waals surface area contributed by atoms with Crippen LogP contribution in [0.4, 0.5) is 0 Å². The average Bonchev–Trinajstić information content (AvgIpc) is 2.75. The van der Waals surface area contributed by atoms with Crippen LogP contribution in [0.25, 0.3) is 0 Å². The van der Waals surface area contributed by atoms with Gasteiger partial charge in [0, 0.05) is 12.1 Å². The molecule has 78 valence electrons. The van der Waals surface area contributed by atoms with E-state index in [2.05, 4.69) is 19.9 Å². The van der Waals surface area contributed by atoms with Crippen LogP contribution in [0, 0.1) is 0 Å². The summed E-state index contributed by atoms with van der Waals surface area (Å²) in [6, 6.07) is 0. The van der Waals surface area contributed by atoms with E-state index in [-0.39, 0.29) is 0 Å². The van der Waals surface area contributed by atoms with Gasteiger partial charge in [0.1, 0.15) is 0 Å². The molecule has 0 atom stereocenters. The van der Waals surface area contributed by atoms with Crippen LogP contribution >= 0.6 is 11.5 Å². The minimum absolute atomic E-state index is 0.651. The van der Waals surface area contributed by atoms with E-state index in [1.54, 1.807) is 6.20 Å². The molecule has 0 saturated heterocycles. The molecule has 0 aromatic carbocycles. The van der Waals surface area contributed by atoms with Gasteiger partial charge in [0.15, 0.2) is 0 Å². The zero-order valence-electron chi connectivity index (χ0n) is 8.20. The molecule has 2 aromatic rings. The fourth-order valence-electron chi connectivity index (χ4n) is 1.70. The monoisotopic (exact) mass is 221 g/mol. The highest BCUT2D eigenvalue weighted by molar-refractivity contribution is 7.05. The molecule has 0 radical (unpaired) electrons. The molecule has 1 saturated carbocycles. The summed E-state index contributed by atoms with van der Waals surface area (Å²) in [5.41, 5.74) is 1.14. The molecule has 5 nitrogen and oxygen atoms in total. The van der Waals surface area contributed by atoms with E-state index in [1.165, 1.54) is 30.8 Å². The minimum atomic E-state index is 0.651. The van der Waals surface area contributed by atoms with Crippen LogP contribution in [0.3, 0.4) is 0 Å². The first-order chi connectivity index (χ1) is 7.42. The van der Waals surface area contributed by atoms with Gasteiger partial charge in [0.05, 0.1) is 23.3 Å². The maximum absolute atomic E-state index is 4.20. The molecule has 1 aliphatic rings. The Kier molecular flexibility index (Phi) is 2.21. The van der Waals surface area contributed by atoms with E-state index in [4.69, 9.17) is 0 Å². The third-order valence-electron chi connectivity index (χ3n) is 2.80. The summed E-state index contributed by atoms with van der Waals surface area (Å²) in [6.07, 6.45) is 7.68. The number of rotatable bonds is 3. The molecule has 1 fully saturated rings. The highest BCUT2D eigenvalue weighted by atomic mass is 32.1. The SMILES string of the molecule is c1nnsc1Cn1cc(C2CCC2)nn1. The van der Waals surface area contributed by atoms with Gasteiger partial charge in [-0.3, -0.25) is 0 Å². The van der Waals surface area contributed by atoms with Gasteiger partial charge >= 0.3 is 0 Å². The van der Waals surface area contributed by atoms with Gasteiger partial charge in [-0.05, 0) is 24.4 Å². The summed E-state index contributed by atoms with van der Waals surface area (Å²) in [7, 11) is 0. The summed E-state index contributed by atoms with van der Waals surface area (Å²) in [6.45, 7) is 0.734. The second kappa shape index (κ2) is 3.69. The van der Waals surface area contributed by atoms with E-state index in [1.807, 2.05) is 10.9 Å². The second-order valence-electron chi connectivity index (χ2n) is 3.85. The second-order valence-corrected chi connectivity index (χ2v) is 4.72. The van der Waals surface area contributed by atoms with Crippen molar-refractivity contribution in [1.29, 1.82) is 0 Å². The number of hydrogen-bond donors (Lipinski definition) is 0. The van der Waals surface area contributed by atoms with E-state index >= 15 is 0 Å². The largest absolute Gasteiger partial charge is 0.247 e. The molecular formula is C9H11N5S. The van der Waals surface area contributed by atoms with Gasteiger partial charge < -0.3 is 0 Å². The van der Waals surface area contributed by atoms with Gasteiger partial charge in [0.25, 0.3) is 0 Å². The predicted molar refractivity (Wildman–Crippen MR) is 55.6 cm³/mol. The Bertz CT molecular complexity index is 431. The van der Waals surface area contributed by atoms with Gasteiger partial charge in [-0.25, -0.2) is 4.68 Å². The van der Waals surface area contributed by atoms with Crippen LogP contribution in [0.1, 0.15) is 35.8 Å². The lowest BCUT2D eigenvalue weighted by atomic mass is 9.83. The van der Waals surface area contributed by atoms with Crippen molar-refractivity contribution in [3.05, 3.63) is 23.0 Å². The van der Waals surface area contributed by atoms with Gasteiger partial charge in [0.2, 0.25) is 0 Å². The Labute approximate surface area is 91.3 Å². The molecule has 0 amide bonds. The zero-order chi connectivity index (χ0) is 10.1. The Morgan fingerprint density at radius 3 is 3.07 bits per heavy atom. The van der Waals surface area contributed by atoms with Gasteiger partial charge in [-0.15, -0.1) is 10.2 Å². The molecule has 0 bridgehead atoms. The predicted octanol–water partition coefficient (Wildman–Crippen LogP) is 1.45. The number of hydrogen-bond acceptors (Lipinski definition) is 5. The van der Waals surface area contributed by atoms with Crippen LogP contribution in [0.5, 0.6) is 0 Å².